The summed E-state index contributed by atoms with van der Waals surface area (Å²) in [6, 6.07) is 0. The first kappa shape index (κ1) is 10.2. The molecule has 72 valence electrons. The van der Waals surface area contributed by atoms with E-state index >= 15 is 0 Å². The van der Waals surface area contributed by atoms with E-state index in [1.165, 1.54) is 12.8 Å². The molecule has 1 aliphatic rings. The molecule has 1 saturated carbocycles. The molecule has 0 aromatic rings. The summed E-state index contributed by atoms with van der Waals surface area (Å²) in [7, 11) is -0.815. The van der Waals surface area contributed by atoms with Crippen molar-refractivity contribution in [2.75, 3.05) is 0 Å². The molecule has 2 nitrogen and oxygen atoms in total. The van der Waals surface area contributed by atoms with Crippen molar-refractivity contribution in [3.63, 3.8) is 0 Å². The van der Waals surface area contributed by atoms with Crippen LogP contribution in [-0.2, 0) is 11.0 Å². The average molecular weight is 189 g/mol. The standard InChI is InChI=1S/C9H19NOS/c1-9(2,3)10-12(11)8-6-4-5-7-8/h8,10H,4-7H2,1-3H3. The van der Waals surface area contributed by atoms with E-state index in [4.69, 9.17) is 0 Å². The molecule has 1 rings (SSSR count). The van der Waals surface area contributed by atoms with Crippen LogP contribution in [0.3, 0.4) is 0 Å². The van der Waals surface area contributed by atoms with Gasteiger partial charge < -0.3 is 0 Å². The molecule has 0 heterocycles. The molecule has 1 atom stereocenters. The van der Waals surface area contributed by atoms with Gasteiger partial charge >= 0.3 is 0 Å². The highest BCUT2D eigenvalue weighted by molar-refractivity contribution is 7.83. The second-order valence-corrected chi connectivity index (χ2v) is 6.02. The smallest absolute Gasteiger partial charge is 0.0951 e. The molecule has 0 radical (unpaired) electrons. The van der Waals surface area contributed by atoms with Gasteiger partial charge in [-0.05, 0) is 33.6 Å². The Balaban J connectivity index is 2.37. The molecule has 1 N–H and O–H groups in total. The summed E-state index contributed by atoms with van der Waals surface area (Å²) in [6.45, 7) is 6.17. The van der Waals surface area contributed by atoms with E-state index < -0.39 is 11.0 Å². The maximum absolute atomic E-state index is 11.7. The quantitative estimate of drug-likeness (QED) is 0.707. The summed E-state index contributed by atoms with van der Waals surface area (Å²) >= 11 is 0. The van der Waals surface area contributed by atoms with Gasteiger partial charge in [0.25, 0.3) is 0 Å². The van der Waals surface area contributed by atoms with Gasteiger partial charge in [-0.15, -0.1) is 0 Å². The number of rotatable bonds is 2. The summed E-state index contributed by atoms with van der Waals surface area (Å²) in [6.07, 6.45) is 4.77. The third kappa shape index (κ3) is 3.23. The molecule has 1 unspecified atom stereocenters. The SMILES string of the molecule is CC(C)(C)NS(=O)C1CCCC1. The summed E-state index contributed by atoms with van der Waals surface area (Å²) in [5.74, 6) is 0. The zero-order valence-electron chi connectivity index (χ0n) is 8.22. The predicted octanol–water partition coefficient (Wildman–Crippen LogP) is 1.98. The first-order valence-electron chi connectivity index (χ1n) is 4.67. The minimum absolute atomic E-state index is 0.0204. The molecule has 0 bridgehead atoms. The van der Waals surface area contributed by atoms with Gasteiger partial charge in [-0.3, -0.25) is 0 Å². The fourth-order valence-electron chi connectivity index (χ4n) is 1.49. The van der Waals surface area contributed by atoms with Gasteiger partial charge in [-0.2, -0.15) is 0 Å². The minimum Gasteiger partial charge on any atom is -0.243 e. The topological polar surface area (TPSA) is 29.1 Å². The highest BCUT2D eigenvalue weighted by atomic mass is 32.2. The predicted molar refractivity (Wildman–Crippen MR) is 53.3 cm³/mol. The number of nitrogens with one attached hydrogen (secondary N) is 1. The van der Waals surface area contributed by atoms with Crippen LogP contribution in [0.25, 0.3) is 0 Å². The summed E-state index contributed by atoms with van der Waals surface area (Å²) in [5.41, 5.74) is -0.0204. The van der Waals surface area contributed by atoms with E-state index in [1.54, 1.807) is 0 Å². The van der Waals surface area contributed by atoms with Crippen molar-refractivity contribution < 1.29 is 4.21 Å². The van der Waals surface area contributed by atoms with Crippen LogP contribution in [0.15, 0.2) is 0 Å². The first-order valence-corrected chi connectivity index (χ1v) is 5.89. The van der Waals surface area contributed by atoms with Gasteiger partial charge in [0.05, 0.1) is 11.0 Å². The van der Waals surface area contributed by atoms with Crippen molar-refractivity contribution in [1.82, 2.24) is 4.72 Å². The van der Waals surface area contributed by atoms with Gasteiger partial charge in [0.1, 0.15) is 0 Å². The Hall–Kier alpha value is 0.110. The third-order valence-corrected chi connectivity index (χ3v) is 3.90. The number of hydrogen-bond acceptors (Lipinski definition) is 1. The zero-order chi connectivity index (χ0) is 9.19. The monoisotopic (exact) mass is 189 g/mol. The lowest BCUT2D eigenvalue weighted by Crippen LogP contribution is -2.40. The second-order valence-electron chi connectivity index (χ2n) is 4.56. The van der Waals surface area contributed by atoms with Gasteiger partial charge in [-0.1, -0.05) is 12.8 Å². The molecule has 1 aliphatic carbocycles. The Kier molecular flexibility index (Phi) is 3.29. The summed E-state index contributed by atoms with van der Waals surface area (Å²) < 4.78 is 14.8. The summed E-state index contributed by atoms with van der Waals surface area (Å²) in [4.78, 5) is 0. The maximum Gasteiger partial charge on any atom is 0.0951 e. The average Bonchev–Trinajstić information content (AvgIpc) is 2.32. The lowest BCUT2D eigenvalue weighted by atomic mass is 10.1. The Labute approximate surface area is 77.7 Å². The summed E-state index contributed by atoms with van der Waals surface area (Å²) in [5, 5.41) is 0.407. The highest BCUT2D eigenvalue weighted by Gasteiger charge is 2.24. The molecule has 0 saturated heterocycles. The first-order chi connectivity index (χ1) is 5.49. The molecule has 0 aromatic carbocycles. The van der Waals surface area contributed by atoms with Crippen LogP contribution in [0, 0.1) is 0 Å². The van der Waals surface area contributed by atoms with Crippen molar-refractivity contribution in [2.24, 2.45) is 0 Å². The van der Waals surface area contributed by atoms with E-state index in [2.05, 4.69) is 25.5 Å². The van der Waals surface area contributed by atoms with Crippen LogP contribution in [0.5, 0.6) is 0 Å². The highest BCUT2D eigenvalue weighted by Crippen LogP contribution is 2.22. The molecular formula is C9H19NOS. The maximum atomic E-state index is 11.7. The van der Waals surface area contributed by atoms with E-state index in [0.717, 1.165) is 12.8 Å². The van der Waals surface area contributed by atoms with Gasteiger partial charge in [0.2, 0.25) is 0 Å². The Morgan fingerprint density at radius 2 is 1.75 bits per heavy atom. The fourth-order valence-corrected chi connectivity index (χ4v) is 3.02. The van der Waals surface area contributed by atoms with Crippen molar-refractivity contribution in [3.8, 4) is 0 Å². The molecule has 12 heavy (non-hydrogen) atoms. The number of hydrogen-bond donors (Lipinski definition) is 1. The van der Waals surface area contributed by atoms with E-state index in [1.807, 2.05) is 0 Å². The fraction of sp³-hybridized carbons (Fsp3) is 1.00. The second kappa shape index (κ2) is 3.88. The van der Waals surface area contributed by atoms with E-state index in [-0.39, 0.29) is 5.54 Å². The van der Waals surface area contributed by atoms with Crippen LogP contribution in [-0.4, -0.2) is 15.0 Å². The molecule has 3 heteroatoms. The van der Waals surface area contributed by atoms with Gasteiger partial charge in [0.15, 0.2) is 0 Å². The normalized spacial score (nSPS) is 22.9. The minimum atomic E-state index is -0.815. The lowest BCUT2D eigenvalue weighted by molar-refractivity contribution is 0.515. The molecule has 1 fully saturated rings. The van der Waals surface area contributed by atoms with Crippen LogP contribution < -0.4 is 4.72 Å². The van der Waals surface area contributed by atoms with Gasteiger partial charge in [0, 0.05) is 10.8 Å². The Morgan fingerprint density at radius 1 is 1.25 bits per heavy atom. The molecule has 0 amide bonds. The Morgan fingerprint density at radius 3 is 2.17 bits per heavy atom. The van der Waals surface area contributed by atoms with Crippen molar-refractivity contribution >= 4 is 11.0 Å². The van der Waals surface area contributed by atoms with Crippen LogP contribution in [0.2, 0.25) is 0 Å². The zero-order valence-corrected chi connectivity index (χ0v) is 9.04. The van der Waals surface area contributed by atoms with Crippen LogP contribution >= 0.6 is 0 Å². The van der Waals surface area contributed by atoms with Gasteiger partial charge in [-0.25, -0.2) is 8.93 Å². The molecular weight excluding hydrogens is 170 g/mol. The van der Waals surface area contributed by atoms with E-state index in [9.17, 15) is 4.21 Å². The lowest BCUT2D eigenvalue weighted by Gasteiger charge is -2.22. The third-order valence-electron chi connectivity index (χ3n) is 2.01. The van der Waals surface area contributed by atoms with E-state index in [0.29, 0.717) is 5.25 Å². The van der Waals surface area contributed by atoms with Crippen LogP contribution in [0.1, 0.15) is 46.5 Å². The molecule has 0 aromatic heterocycles. The Bertz CT molecular complexity index is 168. The molecule has 0 spiro atoms. The van der Waals surface area contributed by atoms with Crippen LogP contribution in [0.4, 0.5) is 0 Å². The largest absolute Gasteiger partial charge is 0.243 e. The van der Waals surface area contributed by atoms with Crippen molar-refractivity contribution in [1.29, 1.82) is 0 Å². The molecule has 0 aliphatic heterocycles. The van der Waals surface area contributed by atoms with Crippen molar-refractivity contribution in [2.45, 2.75) is 57.2 Å². The van der Waals surface area contributed by atoms with Crippen molar-refractivity contribution in [3.05, 3.63) is 0 Å².